The molecular weight excluding hydrogens is 426 g/mol. The number of thiazole rings is 1. The second kappa shape index (κ2) is 7.42. The number of esters is 1. The maximum Gasteiger partial charge on any atom is 0.338 e. The van der Waals surface area contributed by atoms with E-state index in [1.54, 1.807) is 18.9 Å². The average Bonchev–Trinajstić information content (AvgIpc) is 3.26. The molecule has 1 amide bonds. The van der Waals surface area contributed by atoms with E-state index in [-0.39, 0.29) is 11.5 Å². The number of likely N-dealkylation sites (N-methyl/N-ethyl adjacent to an activating group) is 1. The van der Waals surface area contributed by atoms with Gasteiger partial charge in [0, 0.05) is 12.6 Å². The van der Waals surface area contributed by atoms with E-state index < -0.39 is 12.0 Å². The molecule has 0 saturated heterocycles. The van der Waals surface area contributed by atoms with Crippen molar-refractivity contribution in [2.24, 2.45) is 4.99 Å². The summed E-state index contributed by atoms with van der Waals surface area (Å²) in [6.07, 6.45) is 0. The lowest BCUT2D eigenvalue weighted by Gasteiger charge is -2.24. The molecule has 2 aliphatic rings. The van der Waals surface area contributed by atoms with E-state index in [9.17, 15) is 14.4 Å². The summed E-state index contributed by atoms with van der Waals surface area (Å²) in [6, 6.07) is 16.0. The van der Waals surface area contributed by atoms with Crippen molar-refractivity contribution in [3.63, 3.8) is 0 Å². The number of carbonyl (C=O) groups excluding carboxylic acids is 2. The van der Waals surface area contributed by atoms with Gasteiger partial charge in [-0.2, -0.15) is 0 Å². The molecule has 0 spiro atoms. The number of fused-ring (bicyclic) bond motifs is 2. The average molecular weight is 446 g/mol. The van der Waals surface area contributed by atoms with Crippen LogP contribution in [-0.4, -0.2) is 30.6 Å². The summed E-state index contributed by atoms with van der Waals surface area (Å²) >= 11 is 1.17. The summed E-state index contributed by atoms with van der Waals surface area (Å²) < 4.78 is 6.82. The third-order valence-corrected chi connectivity index (χ3v) is 6.85. The SMILES string of the molecule is COC(=O)C1=C(C)N=c2s/c(=C3\C(=O)N(C)c4ccccc43)c(=O)n2[C@H]1c1ccccc1. The number of para-hydroxylation sites is 1. The minimum atomic E-state index is -0.696. The van der Waals surface area contributed by atoms with E-state index in [1.807, 2.05) is 54.6 Å². The van der Waals surface area contributed by atoms with Gasteiger partial charge in [-0.1, -0.05) is 59.9 Å². The van der Waals surface area contributed by atoms with Gasteiger partial charge in [0.15, 0.2) is 4.80 Å². The fourth-order valence-corrected chi connectivity index (χ4v) is 5.42. The molecule has 1 aromatic heterocycles. The maximum atomic E-state index is 13.8. The van der Waals surface area contributed by atoms with Gasteiger partial charge < -0.3 is 9.64 Å². The monoisotopic (exact) mass is 445 g/mol. The first-order chi connectivity index (χ1) is 15.4. The topological polar surface area (TPSA) is 81.0 Å². The Bertz CT molecular complexity index is 1500. The molecular formula is C24H19N3O4S. The van der Waals surface area contributed by atoms with Crippen LogP contribution >= 0.6 is 11.3 Å². The van der Waals surface area contributed by atoms with Gasteiger partial charge in [0.25, 0.3) is 11.5 Å². The van der Waals surface area contributed by atoms with Crippen LogP contribution in [0, 0.1) is 0 Å². The van der Waals surface area contributed by atoms with Gasteiger partial charge in [-0.15, -0.1) is 0 Å². The highest BCUT2D eigenvalue weighted by molar-refractivity contribution is 7.07. The zero-order chi connectivity index (χ0) is 22.6. The van der Waals surface area contributed by atoms with Crippen molar-refractivity contribution in [1.29, 1.82) is 0 Å². The molecule has 160 valence electrons. The van der Waals surface area contributed by atoms with Gasteiger partial charge in [-0.25, -0.2) is 9.79 Å². The van der Waals surface area contributed by atoms with E-state index in [0.29, 0.717) is 31.7 Å². The van der Waals surface area contributed by atoms with Crippen LogP contribution in [0.4, 0.5) is 5.69 Å². The fourth-order valence-electron chi connectivity index (χ4n) is 4.28. The molecule has 8 heteroatoms. The van der Waals surface area contributed by atoms with Crippen molar-refractivity contribution in [1.82, 2.24) is 4.57 Å². The number of amides is 1. The molecule has 0 radical (unpaired) electrons. The molecule has 32 heavy (non-hydrogen) atoms. The Hall–Kier alpha value is -3.78. The molecule has 2 aliphatic heterocycles. The summed E-state index contributed by atoms with van der Waals surface area (Å²) in [6.45, 7) is 1.73. The Morgan fingerprint density at radius 1 is 1.06 bits per heavy atom. The van der Waals surface area contributed by atoms with Crippen LogP contribution in [0.2, 0.25) is 0 Å². The molecule has 7 nitrogen and oxygen atoms in total. The highest BCUT2D eigenvalue weighted by Gasteiger charge is 2.36. The number of nitrogens with zero attached hydrogens (tertiary/aromatic N) is 3. The number of aromatic nitrogens is 1. The van der Waals surface area contributed by atoms with Crippen LogP contribution in [0.1, 0.15) is 24.1 Å². The first-order valence-electron chi connectivity index (χ1n) is 10.00. The van der Waals surface area contributed by atoms with Crippen molar-refractivity contribution in [3.8, 4) is 0 Å². The second-order valence-corrected chi connectivity index (χ2v) is 8.54. The van der Waals surface area contributed by atoms with Crippen LogP contribution in [-0.2, 0) is 14.3 Å². The smallest absolute Gasteiger partial charge is 0.338 e. The number of hydrogen-bond donors (Lipinski definition) is 0. The number of rotatable bonds is 2. The summed E-state index contributed by atoms with van der Waals surface area (Å²) in [4.78, 5) is 46.1. The van der Waals surface area contributed by atoms with E-state index in [4.69, 9.17) is 4.74 Å². The Kier molecular flexibility index (Phi) is 4.67. The molecule has 0 N–H and O–H groups in total. The molecule has 0 bridgehead atoms. The standard InChI is InChI=1S/C24H19N3O4S/c1-13-17(23(30)31-3)19(14-9-5-4-6-10-14)27-22(29)20(32-24(27)25-13)18-15-11-7-8-12-16(15)26(2)21(18)28/h4-12,19H,1-3H3/b20-18-/t19-/m0/s1. The van der Waals surface area contributed by atoms with E-state index >= 15 is 0 Å². The normalized spacial score (nSPS) is 18.9. The van der Waals surface area contributed by atoms with Gasteiger partial charge in [0.2, 0.25) is 0 Å². The minimum Gasteiger partial charge on any atom is -0.466 e. The largest absolute Gasteiger partial charge is 0.466 e. The molecule has 5 rings (SSSR count). The van der Waals surface area contributed by atoms with E-state index in [1.165, 1.54) is 23.0 Å². The van der Waals surface area contributed by atoms with Crippen molar-refractivity contribution < 1.29 is 14.3 Å². The zero-order valence-electron chi connectivity index (χ0n) is 17.7. The molecule has 3 heterocycles. The third kappa shape index (κ3) is 2.80. The molecule has 0 saturated carbocycles. The summed E-state index contributed by atoms with van der Waals surface area (Å²) in [7, 11) is 3.00. The number of ether oxygens (including phenoxy) is 1. The van der Waals surface area contributed by atoms with E-state index in [2.05, 4.69) is 4.99 Å². The second-order valence-electron chi connectivity index (χ2n) is 7.56. The minimum absolute atomic E-state index is 0.239. The van der Waals surface area contributed by atoms with Crippen LogP contribution < -0.4 is 19.8 Å². The predicted octanol–water partition coefficient (Wildman–Crippen LogP) is 1.75. The molecule has 3 aromatic rings. The number of methoxy groups -OCH3 is 1. The Labute approximate surface area is 187 Å². The molecule has 2 aromatic carbocycles. The van der Waals surface area contributed by atoms with Crippen molar-refractivity contribution in [2.75, 3.05) is 19.1 Å². The molecule has 1 atom stereocenters. The van der Waals surface area contributed by atoms with Gasteiger partial charge >= 0.3 is 5.97 Å². The van der Waals surface area contributed by atoms with Crippen molar-refractivity contribution in [3.05, 3.63) is 96.7 Å². The first kappa shape index (κ1) is 20.1. The third-order valence-electron chi connectivity index (χ3n) is 5.80. The lowest BCUT2D eigenvalue weighted by Crippen LogP contribution is -2.40. The number of hydrogen-bond acceptors (Lipinski definition) is 6. The first-order valence-corrected chi connectivity index (χ1v) is 10.8. The Morgan fingerprint density at radius 3 is 2.47 bits per heavy atom. The Balaban J connectivity index is 1.86. The van der Waals surface area contributed by atoms with Crippen molar-refractivity contribution in [2.45, 2.75) is 13.0 Å². The predicted molar refractivity (Wildman–Crippen MR) is 121 cm³/mol. The van der Waals surface area contributed by atoms with Crippen molar-refractivity contribution >= 4 is 34.5 Å². The fraction of sp³-hybridized carbons (Fsp3) is 0.167. The van der Waals surface area contributed by atoms with Crippen LogP contribution in [0.3, 0.4) is 0 Å². The highest BCUT2D eigenvalue weighted by Crippen LogP contribution is 2.34. The van der Waals surface area contributed by atoms with Crippen LogP contribution in [0.5, 0.6) is 0 Å². The van der Waals surface area contributed by atoms with Crippen LogP contribution in [0.15, 0.2) is 75.7 Å². The lowest BCUT2D eigenvalue weighted by atomic mass is 9.96. The number of anilines is 1. The lowest BCUT2D eigenvalue weighted by molar-refractivity contribution is -0.136. The van der Waals surface area contributed by atoms with Crippen LogP contribution in [0.25, 0.3) is 5.57 Å². The summed E-state index contributed by atoms with van der Waals surface area (Å²) in [5.41, 5.74) is 3.02. The number of allylic oxidation sites excluding steroid dienone is 1. The zero-order valence-corrected chi connectivity index (χ0v) is 18.5. The Morgan fingerprint density at radius 2 is 1.75 bits per heavy atom. The van der Waals surface area contributed by atoms with Gasteiger partial charge in [-0.05, 0) is 18.6 Å². The summed E-state index contributed by atoms with van der Waals surface area (Å²) in [5, 5.41) is 0. The molecule has 0 fully saturated rings. The maximum absolute atomic E-state index is 13.8. The molecule has 0 aliphatic carbocycles. The number of carbonyl (C=O) groups is 2. The number of benzene rings is 2. The van der Waals surface area contributed by atoms with E-state index in [0.717, 1.165) is 11.3 Å². The van der Waals surface area contributed by atoms with Gasteiger partial charge in [-0.3, -0.25) is 14.2 Å². The quantitative estimate of drug-likeness (QED) is 0.563. The highest BCUT2D eigenvalue weighted by atomic mass is 32.1. The summed E-state index contributed by atoms with van der Waals surface area (Å²) in [5.74, 6) is -0.781. The van der Waals surface area contributed by atoms with Gasteiger partial charge in [0.1, 0.15) is 4.53 Å². The molecule has 0 unspecified atom stereocenters. The van der Waals surface area contributed by atoms with Gasteiger partial charge in [0.05, 0.1) is 35.7 Å².